The Bertz CT molecular complexity index is 1030. The molecule has 0 aliphatic carbocycles. The van der Waals surface area contributed by atoms with E-state index >= 15 is 0 Å². The van der Waals surface area contributed by atoms with E-state index in [2.05, 4.69) is 9.55 Å². The summed E-state index contributed by atoms with van der Waals surface area (Å²) in [5, 5.41) is 0.290. The molecular formula is C22H24ClFN4O2. The second-order valence-corrected chi connectivity index (χ2v) is 8.00. The largest absolute Gasteiger partial charge is 0.383 e. The number of methoxy groups -OCH3 is 1. The summed E-state index contributed by atoms with van der Waals surface area (Å²) in [6.45, 7) is 2.55. The van der Waals surface area contributed by atoms with Gasteiger partial charge in [-0.3, -0.25) is 4.79 Å². The van der Waals surface area contributed by atoms with Crippen molar-refractivity contribution in [2.45, 2.75) is 25.8 Å². The molecule has 4 rings (SSSR count). The zero-order chi connectivity index (χ0) is 21.1. The van der Waals surface area contributed by atoms with Crippen LogP contribution in [0.5, 0.6) is 0 Å². The molecule has 0 N–H and O–H groups in total. The lowest BCUT2D eigenvalue weighted by atomic mass is 10.0. The highest BCUT2D eigenvalue weighted by Gasteiger charge is 2.28. The fourth-order valence-electron chi connectivity index (χ4n) is 4.03. The molecule has 30 heavy (non-hydrogen) atoms. The first-order valence-electron chi connectivity index (χ1n) is 10.1. The monoisotopic (exact) mass is 430 g/mol. The standard InChI is InChI=1S/C22H24ClFN4O2/c1-30-11-10-28-20(26-19-6-3-8-25-22(19)28)12-15-7-9-27(14-15)21(29)13-16-17(23)4-2-5-18(16)24/h2-6,8,15H,7,9-14H2,1H3/t15-/m0/s1. The van der Waals surface area contributed by atoms with Gasteiger partial charge in [-0.25, -0.2) is 14.4 Å². The molecule has 8 heteroatoms. The molecule has 0 radical (unpaired) electrons. The van der Waals surface area contributed by atoms with Crippen LogP contribution in [0.4, 0.5) is 4.39 Å². The van der Waals surface area contributed by atoms with E-state index in [1.165, 1.54) is 6.07 Å². The lowest BCUT2D eigenvalue weighted by Gasteiger charge is -2.17. The van der Waals surface area contributed by atoms with Crippen molar-refractivity contribution in [1.82, 2.24) is 19.4 Å². The predicted molar refractivity (Wildman–Crippen MR) is 113 cm³/mol. The van der Waals surface area contributed by atoms with Crippen LogP contribution in [0.2, 0.25) is 5.02 Å². The summed E-state index contributed by atoms with van der Waals surface area (Å²) in [5.41, 5.74) is 1.98. The summed E-state index contributed by atoms with van der Waals surface area (Å²) >= 11 is 6.08. The topological polar surface area (TPSA) is 60.2 Å². The number of fused-ring (bicyclic) bond motifs is 1. The Balaban J connectivity index is 1.44. The van der Waals surface area contributed by atoms with E-state index in [0.717, 1.165) is 29.8 Å². The third-order valence-corrected chi connectivity index (χ3v) is 5.96. The summed E-state index contributed by atoms with van der Waals surface area (Å²) in [7, 11) is 1.68. The van der Waals surface area contributed by atoms with Gasteiger partial charge in [-0.05, 0) is 36.6 Å². The highest BCUT2D eigenvalue weighted by Crippen LogP contribution is 2.25. The third-order valence-electron chi connectivity index (χ3n) is 5.60. The van der Waals surface area contributed by atoms with E-state index in [9.17, 15) is 9.18 Å². The molecule has 1 saturated heterocycles. The number of ether oxygens (including phenoxy) is 1. The number of likely N-dealkylation sites (tertiary alicyclic amines) is 1. The second-order valence-electron chi connectivity index (χ2n) is 7.59. The molecule has 1 fully saturated rings. The van der Waals surface area contributed by atoms with Gasteiger partial charge in [-0.1, -0.05) is 17.7 Å². The maximum atomic E-state index is 14.0. The average molecular weight is 431 g/mol. The molecule has 3 heterocycles. The zero-order valence-corrected chi connectivity index (χ0v) is 17.6. The van der Waals surface area contributed by atoms with Crippen molar-refractivity contribution < 1.29 is 13.9 Å². The van der Waals surface area contributed by atoms with Crippen molar-refractivity contribution in [1.29, 1.82) is 0 Å². The van der Waals surface area contributed by atoms with Crippen LogP contribution in [0.1, 0.15) is 17.8 Å². The lowest BCUT2D eigenvalue weighted by Crippen LogP contribution is -2.30. The van der Waals surface area contributed by atoms with Crippen LogP contribution < -0.4 is 0 Å². The van der Waals surface area contributed by atoms with Crippen LogP contribution in [0.25, 0.3) is 11.2 Å². The molecule has 0 spiro atoms. The van der Waals surface area contributed by atoms with Crippen LogP contribution in [-0.2, 0) is 28.9 Å². The van der Waals surface area contributed by atoms with Gasteiger partial charge in [0.15, 0.2) is 5.65 Å². The molecule has 0 unspecified atom stereocenters. The predicted octanol–water partition coefficient (Wildman–Crippen LogP) is 3.50. The summed E-state index contributed by atoms with van der Waals surface area (Å²) in [4.78, 5) is 23.8. The maximum Gasteiger partial charge on any atom is 0.227 e. The molecule has 6 nitrogen and oxygen atoms in total. The van der Waals surface area contributed by atoms with Gasteiger partial charge in [0, 0.05) is 49.9 Å². The van der Waals surface area contributed by atoms with Crippen LogP contribution >= 0.6 is 11.6 Å². The number of imidazole rings is 1. The van der Waals surface area contributed by atoms with Gasteiger partial charge in [-0.15, -0.1) is 0 Å². The number of carbonyl (C=O) groups is 1. The highest BCUT2D eigenvalue weighted by atomic mass is 35.5. The van der Waals surface area contributed by atoms with E-state index in [1.54, 1.807) is 30.3 Å². The van der Waals surface area contributed by atoms with E-state index in [1.807, 2.05) is 12.1 Å². The fraction of sp³-hybridized carbons (Fsp3) is 0.409. The number of amides is 1. The first-order valence-corrected chi connectivity index (χ1v) is 10.4. The summed E-state index contributed by atoms with van der Waals surface area (Å²) in [6, 6.07) is 8.32. The number of halogens is 2. The molecule has 1 amide bonds. The van der Waals surface area contributed by atoms with Gasteiger partial charge in [0.05, 0.1) is 13.0 Å². The molecule has 1 atom stereocenters. The Morgan fingerprint density at radius 2 is 2.20 bits per heavy atom. The lowest BCUT2D eigenvalue weighted by molar-refractivity contribution is -0.129. The van der Waals surface area contributed by atoms with E-state index in [0.29, 0.717) is 37.2 Å². The number of pyridine rings is 1. The summed E-state index contributed by atoms with van der Waals surface area (Å²) in [6.07, 6.45) is 3.39. The molecular weight excluding hydrogens is 407 g/mol. The van der Waals surface area contributed by atoms with Crippen molar-refractivity contribution in [2.24, 2.45) is 5.92 Å². The van der Waals surface area contributed by atoms with Crippen LogP contribution in [0.15, 0.2) is 36.5 Å². The number of nitrogens with zero attached hydrogens (tertiary/aromatic N) is 4. The Morgan fingerprint density at radius 1 is 1.33 bits per heavy atom. The van der Waals surface area contributed by atoms with Crippen molar-refractivity contribution in [3.05, 3.63) is 58.8 Å². The first-order chi connectivity index (χ1) is 14.6. The number of benzene rings is 1. The molecule has 0 saturated carbocycles. The zero-order valence-electron chi connectivity index (χ0n) is 16.9. The quantitative estimate of drug-likeness (QED) is 0.575. The number of rotatable bonds is 7. The minimum Gasteiger partial charge on any atom is -0.383 e. The Morgan fingerprint density at radius 3 is 3.00 bits per heavy atom. The van der Waals surface area contributed by atoms with Crippen molar-refractivity contribution >= 4 is 28.7 Å². The minimum absolute atomic E-state index is 0.0193. The normalized spacial score (nSPS) is 16.5. The Hall–Kier alpha value is -2.51. The van der Waals surface area contributed by atoms with E-state index < -0.39 is 5.82 Å². The molecule has 158 valence electrons. The Labute approximate surface area is 179 Å². The number of carbonyl (C=O) groups excluding carboxylic acids is 1. The van der Waals surface area contributed by atoms with Gasteiger partial charge in [0.2, 0.25) is 5.91 Å². The van der Waals surface area contributed by atoms with Crippen molar-refractivity contribution in [3.63, 3.8) is 0 Å². The van der Waals surface area contributed by atoms with Gasteiger partial charge in [0.25, 0.3) is 0 Å². The number of aromatic nitrogens is 3. The molecule has 1 aliphatic heterocycles. The van der Waals surface area contributed by atoms with Crippen LogP contribution in [0.3, 0.4) is 0 Å². The SMILES string of the molecule is COCCn1c(C[C@@H]2CCN(C(=O)Cc3c(F)cccc3Cl)C2)nc2cccnc21. The fourth-order valence-corrected chi connectivity index (χ4v) is 4.26. The molecule has 1 aromatic carbocycles. The van der Waals surface area contributed by atoms with Gasteiger partial charge >= 0.3 is 0 Å². The molecule has 1 aliphatic rings. The van der Waals surface area contributed by atoms with Crippen LogP contribution in [0, 0.1) is 11.7 Å². The van der Waals surface area contributed by atoms with Gasteiger partial charge in [0.1, 0.15) is 17.2 Å². The Kier molecular flexibility index (Phi) is 6.29. The average Bonchev–Trinajstić information content (AvgIpc) is 3.34. The highest BCUT2D eigenvalue weighted by molar-refractivity contribution is 6.31. The molecule has 3 aromatic rings. The smallest absolute Gasteiger partial charge is 0.227 e. The van der Waals surface area contributed by atoms with E-state index in [4.69, 9.17) is 21.3 Å². The summed E-state index contributed by atoms with van der Waals surface area (Å²) < 4.78 is 21.4. The van der Waals surface area contributed by atoms with Crippen LogP contribution in [-0.4, -0.2) is 52.1 Å². The van der Waals surface area contributed by atoms with E-state index in [-0.39, 0.29) is 17.9 Å². The first kappa shape index (κ1) is 20.8. The number of hydrogen-bond acceptors (Lipinski definition) is 4. The second kappa shape index (κ2) is 9.10. The van der Waals surface area contributed by atoms with Crippen molar-refractivity contribution in [2.75, 3.05) is 26.8 Å². The minimum atomic E-state index is -0.439. The number of hydrogen-bond donors (Lipinski definition) is 0. The molecule has 2 aromatic heterocycles. The van der Waals surface area contributed by atoms with Gasteiger partial charge in [-0.2, -0.15) is 0 Å². The summed E-state index contributed by atoms with van der Waals surface area (Å²) in [5.74, 6) is 0.713. The van der Waals surface area contributed by atoms with Crippen molar-refractivity contribution in [3.8, 4) is 0 Å². The maximum absolute atomic E-state index is 14.0. The van der Waals surface area contributed by atoms with Gasteiger partial charge < -0.3 is 14.2 Å². The third kappa shape index (κ3) is 4.32. The molecule has 0 bridgehead atoms.